The summed E-state index contributed by atoms with van der Waals surface area (Å²) in [5.41, 5.74) is 0.0481. The summed E-state index contributed by atoms with van der Waals surface area (Å²) >= 11 is 5.44. The summed E-state index contributed by atoms with van der Waals surface area (Å²) in [5, 5.41) is 17.5. The van der Waals surface area contributed by atoms with Gasteiger partial charge in [-0.1, -0.05) is 11.6 Å². The molecule has 0 saturated carbocycles. The van der Waals surface area contributed by atoms with Gasteiger partial charge in [0.2, 0.25) is 0 Å². The molecule has 0 aliphatic carbocycles. The van der Waals surface area contributed by atoms with Crippen molar-refractivity contribution in [2.75, 3.05) is 5.06 Å². The van der Waals surface area contributed by atoms with Crippen LogP contribution in [0.4, 0.5) is 10.5 Å². The average molecular weight is 189 g/mol. The van der Waals surface area contributed by atoms with Crippen LogP contribution in [0.5, 0.6) is 0 Å². The average Bonchev–Trinajstić information content (AvgIpc) is 2.04. The minimum atomic E-state index is -1.47. The fourth-order valence-corrected chi connectivity index (χ4v) is 0.716. The van der Waals surface area contributed by atoms with Gasteiger partial charge in [-0.25, -0.2) is 9.78 Å². The van der Waals surface area contributed by atoms with Crippen molar-refractivity contribution in [1.29, 1.82) is 0 Å². The van der Waals surface area contributed by atoms with E-state index < -0.39 is 6.09 Å². The number of hydrogen-bond donors (Lipinski definition) is 2. The summed E-state index contributed by atoms with van der Waals surface area (Å²) in [6.07, 6.45) is -0.324. The smallest absolute Gasteiger partial charge is 0.436 e. The Kier molecular flexibility index (Phi) is 2.47. The van der Waals surface area contributed by atoms with Crippen molar-refractivity contribution in [1.82, 2.24) is 4.98 Å². The van der Waals surface area contributed by atoms with Gasteiger partial charge in [-0.2, -0.15) is 5.06 Å². The summed E-state index contributed by atoms with van der Waals surface area (Å²) in [5.74, 6) is 0. The molecule has 0 saturated heterocycles. The van der Waals surface area contributed by atoms with Crippen molar-refractivity contribution in [2.45, 2.75) is 0 Å². The lowest BCUT2D eigenvalue weighted by molar-refractivity contribution is 0.160. The van der Waals surface area contributed by atoms with E-state index in [1.165, 1.54) is 12.1 Å². The number of hydroxylamine groups is 1. The molecule has 0 bridgehead atoms. The minimum absolute atomic E-state index is 0.0481. The largest absolute Gasteiger partial charge is 0.463 e. The quantitative estimate of drug-likeness (QED) is 0.399. The van der Waals surface area contributed by atoms with Crippen LogP contribution >= 0.6 is 11.6 Å². The second-order valence-corrected chi connectivity index (χ2v) is 2.32. The highest BCUT2D eigenvalue weighted by atomic mass is 35.5. The number of rotatable bonds is 1. The molecule has 0 fully saturated rings. The van der Waals surface area contributed by atoms with Crippen LogP contribution < -0.4 is 5.06 Å². The SMILES string of the molecule is O=C(O)N(O)c1ccc(Cl)nc1. The summed E-state index contributed by atoms with van der Waals surface area (Å²) in [6.45, 7) is 0. The molecule has 1 rings (SSSR count). The van der Waals surface area contributed by atoms with Gasteiger partial charge in [0.05, 0.1) is 11.9 Å². The number of halogens is 1. The summed E-state index contributed by atoms with van der Waals surface area (Å²) in [6, 6.07) is 2.71. The molecule has 1 aromatic rings. The Morgan fingerprint density at radius 1 is 1.58 bits per heavy atom. The molecule has 5 nitrogen and oxygen atoms in total. The van der Waals surface area contributed by atoms with Crippen molar-refractivity contribution in [3.05, 3.63) is 23.5 Å². The number of carbonyl (C=O) groups is 1. The first-order valence-corrected chi connectivity index (χ1v) is 3.32. The highest BCUT2D eigenvalue weighted by Gasteiger charge is 2.10. The summed E-state index contributed by atoms with van der Waals surface area (Å²) in [7, 11) is 0. The normalized spacial score (nSPS) is 9.50. The van der Waals surface area contributed by atoms with E-state index in [0.29, 0.717) is 0 Å². The molecule has 12 heavy (non-hydrogen) atoms. The van der Waals surface area contributed by atoms with Gasteiger partial charge in [0.1, 0.15) is 5.15 Å². The van der Waals surface area contributed by atoms with Gasteiger partial charge in [0, 0.05) is 0 Å². The Morgan fingerprint density at radius 3 is 2.67 bits per heavy atom. The predicted octanol–water partition coefficient (Wildman–Crippen LogP) is 1.61. The van der Waals surface area contributed by atoms with Crippen molar-refractivity contribution in [3.63, 3.8) is 0 Å². The number of nitrogens with zero attached hydrogens (tertiary/aromatic N) is 2. The number of anilines is 1. The second kappa shape index (κ2) is 3.38. The zero-order chi connectivity index (χ0) is 9.14. The number of amides is 1. The van der Waals surface area contributed by atoms with Gasteiger partial charge in [-0.05, 0) is 12.1 Å². The van der Waals surface area contributed by atoms with Crippen LogP contribution in [0, 0.1) is 0 Å². The van der Waals surface area contributed by atoms with Gasteiger partial charge in [-0.3, -0.25) is 5.21 Å². The molecule has 0 radical (unpaired) electrons. The van der Waals surface area contributed by atoms with Crippen LogP contribution in [0.3, 0.4) is 0 Å². The van der Waals surface area contributed by atoms with Crippen molar-refractivity contribution >= 4 is 23.4 Å². The summed E-state index contributed by atoms with van der Waals surface area (Å²) < 4.78 is 0. The van der Waals surface area contributed by atoms with E-state index >= 15 is 0 Å². The maximum Gasteiger partial charge on any atom is 0.436 e. The first-order chi connectivity index (χ1) is 5.61. The van der Waals surface area contributed by atoms with Crippen LogP contribution in [0.2, 0.25) is 5.15 Å². The van der Waals surface area contributed by atoms with Crippen molar-refractivity contribution in [3.8, 4) is 0 Å². The summed E-state index contributed by atoms with van der Waals surface area (Å²) in [4.78, 5) is 13.8. The number of aromatic nitrogens is 1. The molecule has 1 amide bonds. The zero-order valence-corrected chi connectivity index (χ0v) is 6.56. The van der Waals surface area contributed by atoms with E-state index in [0.717, 1.165) is 6.20 Å². The van der Waals surface area contributed by atoms with E-state index in [9.17, 15) is 4.79 Å². The maximum absolute atomic E-state index is 10.2. The molecule has 0 aliphatic heterocycles. The molecule has 0 unspecified atom stereocenters. The van der Waals surface area contributed by atoms with Gasteiger partial charge in [-0.15, -0.1) is 0 Å². The van der Waals surface area contributed by atoms with Crippen molar-refractivity contribution < 1.29 is 15.1 Å². The Bertz CT molecular complexity index is 287. The van der Waals surface area contributed by atoms with E-state index in [4.69, 9.17) is 21.9 Å². The van der Waals surface area contributed by atoms with Crippen molar-refractivity contribution in [2.24, 2.45) is 0 Å². The molecule has 0 atom stereocenters. The molecule has 2 N–H and O–H groups in total. The van der Waals surface area contributed by atoms with E-state index in [1.807, 2.05) is 0 Å². The zero-order valence-electron chi connectivity index (χ0n) is 5.81. The predicted molar refractivity (Wildman–Crippen MR) is 41.5 cm³/mol. The molecule has 0 aliphatic rings. The molecular weight excluding hydrogens is 184 g/mol. The van der Waals surface area contributed by atoms with Gasteiger partial charge in [0.15, 0.2) is 0 Å². The third kappa shape index (κ3) is 1.84. The topological polar surface area (TPSA) is 73.7 Å². The lowest BCUT2D eigenvalue weighted by atomic mass is 10.4. The highest BCUT2D eigenvalue weighted by Crippen LogP contribution is 2.13. The number of hydrogen-bond acceptors (Lipinski definition) is 3. The third-order valence-corrected chi connectivity index (χ3v) is 1.36. The number of pyridine rings is 1. The van der Waals surface area contributed by atoms with E-state index in [-0.39, 0.29) is 15.9 Å². The van der Waals surface area contributed by atoms with Crippen LogP contribution in [0.15, 0.2) is 18.3 Å². The Balaban J connectivity index is 2.89. The van der Waals surface area contributed by atoms with E-state index in [1.54, 1.807) is 0 Å². The lowest BCUT2D eigenvalue weighted by Gasteiger charge is -2.08. The Morgan fingerprint density at radius 2 is 2.25 bits per heavy atom. The third-order valence-electron chi connectivity index (χ3n) is 1.14. The van der Waals surface area contributed by atoms with E-state index in [2.05, 4.69) is 4.98 Å². The number of carboxylic acid groups (broad SMARTS) is 1. The highest BCUT2D eigenvalue weighted by molar-refractivity contribution is 6.29. The first kappa shape index (κ1) is 8.76. The first-order valence-electron chi connectivity index (χ1n) is 2.95. The van der Waals surface area contributed by atoms with Crippen LogP contribution in [0.1, 0.15) is 0 Å². The molecular formula is C6H5ClN2O3. The van der Waals surface area contributed by atoms with Crippen LogP contribution in [0.25, 0.3) is 0 Å². The maximum atomic E-state index is 10.2. The Hall–Kier alpha value is -1.33. The van der Waals surface area contributed by atoms with Gasteiger partial charge < -0.3 is 5.11 Å². The van der Waals surface area contributed by atoms with Gasteiger partial charge >= 0.3 is 6.09 Å². The Labute approximate surface area is 72.8 Å². The van der Waals surface area contributed by atoms with Gasteiger partial charge in [0.25, 0.3) is 0 Å². The van der Waals surface area contributed by atoms with Crippen LogP contribution in [-0.2, 0) is 0 Å². The minimum Gasteiger partial charge on any atom is -0.463 e. The second-order valence-electron chi connectivity index (χ2n) is 1.93. The monoisotopic (exact) mass is 188 g/mol. The fraction of sp³-hybridized carbons (Fsp3) is 0. The molecule has 0 spiro atoms. The fourth-order valence-electron chi connectivity index (χ4n) is 0.604. The standard InChI is InChI=1S/C6H5ClN2O3/c7-5-2-1-4(3-8-5)9(12)6(10)11/h1-3,12H,(H,10,11). The molecule has 6 heteroatoms. The van der Waals surface area contributed by atoms with Crippen LogP contribution in [-0.4, -0.2) is 21.4 Å². The lowest BCUT2D eigenvalue weighted by Crippen LogP contribution is -2.24. The molecule has 1 aromatic heterocycles. The molecule has 64 valence electrons. The molecule has 0 aromatic carbocycles. The molecule has 1 heterocycles.